The number of hydrogen-bond acceptors (Lipinski definition) is 4. The lowest BCUT2D eigenvalue weighted by Crippen LogP contribution is -2.35. The smallest absolute Gasteiger partial charge is 0.267 e. The summed E-state index contributed by atoms with van der Waals surface area (Å²) in [5.74, 6) is -0.00494. The number of sulfonamides is 1. The number of rotatable bonds is 2. The molecule has 2 aromatic rings. The van der Waals surface area contributed by atoms with Gasteiger partial charge in [-0.3, -0.25) is 8.99 Å². The molecule has 1 aliphatic rings. The number of fused-ring (bicyclic) bond motifs is 1. The molecule has 1 aliphatic heterocycles. The second-order valence-corrected chi connectivity index (χ2v) is 6.68. The van der Waals surface area contributed by atoms with Crippen LogP contribution >= 0.6 is 0 Å². The van der Waals surface area contributed by atoms with Crippen LogP contribution in [0, 0.1) is 0 Å². The zero-order chi connectivity index (χ0) is 14.3. The molecule has 2 heterocycles. The van der Waals surface area contributed by atoms with Crippen molar-refractivity contribution in [2.45, 2.75) is 17.7 Å². The Balaban J connectivity index is 2.13. The number of benzene rings is 1. The minimum atomic E-state index is -3.69. The van der Waals surface area contributed by atoms with Gasteiger partial charge >= 0.3 is 0 Å². The van der Waals surface area contributed by atoms with E-state index in [0.29, 0.717) is 12.2 Å². The molecule has 1 N–H and O–H groups in total. The monoisotopic (exact) mass is 293 g/mol. The Hall–Kier alpha value is -2.02. The summed E-state index contributed by atoms with van der Waals surface area (Å²) in [6.07, 6.45) is 4.28. The molecule has 20 heavy (non-hydrogen) atoms. The fourth-order valence-corrected chi connectivity index (χ4v) is 4.03. The van der Waals surface area contributed by atoms with E-state index in [2.05, 4.69) is 5.10 Å². The highest BCUT2D eigenvalue weighted by molar-refractivity contribution is 7.92. The molecular weight excluding hydrogens is 278 g/mol. The Bertz CT molecular complexity index is 752. The lowest BCUT2D eigenvalue weighted by molar-refractivity contribution is 0.472. The number of anilines is 1. The van der Waals surface area contributed by atoms with E-state index >= 15 is 0 Å². The van der Waals surface area contributed by atoms with Gasteiger partial charge in [-0.05, 0) is 24.5 Å². The minimum Gasteiger partial charge on any atom is -0.506 e. The second-order valence-electron chi connectivity index (χ2n) is 4.82. The molecule has 0 radical (unpaired) electrons. The Morgan fingerprint density at radius 3 is 2.85 bits per heavy atom. The third-order valence-electron chi connectivity index (χ3n) is 3.42. The van der Waals surface area contributed by atoms with Gasteiger partial charge in [0.25, 0.3) is 10.0 Å². The first kappa shape index (κ1) is 13.0. The van der Waals surface area contributed by atoms with Crippen LogP contribution in [0.5, 0.6) is 5.75 Å². The van der Waals surface area contributed by atoms with Crippen molar-refractivity contribution in [2.75, 3.05) is 10.8 Å². The van der Waals surface area contributed by atoms with E-state index in [1.807, 2.05) is 6.07 Å². The van der Waals surface area contributed by atoms with Crippen LogP contribution < -0.4 is 4.31 Å². The predicted octanol–water partition coefficient (Wildman–Crippen LogP) is 1.27. The van der Waals surface area contributed by atoms with Crippen LogP contribution in [0.25, 0.3) is 0 Å². The van der Waals surface area contributed by atoms with Crippen molar-refractivity contribution < 1.29 is 13.5 Å². The number of nitrogens with zero attached hydrogens (tertiary/aromatic N) is 3. The third kappa shape index (κ3) is 1.94. The summed E-state index contributed by atoms with van der Waals surface area (Å²) < 4.78 is 28.1. The summed E-state index contributed by atoms with van der Waals surface area (Å²) in [7, 11) is -2.02. The maximum Gasteiger partial charge on any atom is 0.267 e. The van der Waals surface area contributed by atoms with Crippen LogP contribution in [0.1, 0.15) is 12.0 Å². The molecule has 0 aliphatic carbocycles. The summed E-state index contributed by atoms with van der Waals surface area (Å²) in [6.45, 7) is 0.363. The summed E-state index contributed by atoms with van der Waals surface area (Å²) in [5.41, 5.74) is 1.24. The van der Waals surface area contributed by atoms with Crippen LogP contribution in [0.15, 0.2) is 35.5 Å². The molecular formula is C13H15N3O3S. The maximum absolute atomic E-state index is 12.7. The number of aromatic hydroxyl groups is 1. The first-order valence-corrected chi connectivity index (χ1v) is 7.76. The van der Waals surface area contributed by atoms with Gasteiger partial charge in [-0.1, -0.05) is 12.1 Å². The highest BCUT2D eigenvalue weighted by atomic mass is 32.2. The molecule has 0 spiro atoms. The largest absolute Gasteiger partial charge is 0.506 e. The minimum absolute atomic E-state index is 0.00494. The molecule has 0 unspecified atom stereocenters. The van der Waals surface area contributed by atoms with Gasteiger partial charge in [0, 0.05) is 19.8 Å². The van der Waals surface area contributed by atoms with Crippen molar-refractivity contribution in [3.05, 3.63) is 36.2 Å². The van der Waals surface area contributed by atoms with E-state index in [1.54, 1.807) is 13.1 Å². The Labute approximate surface area is 117 Å². The first-order chi connectivity index (χ1) is 9.50. The van der Waals surface area contributed by atoms with E-state index in [0.717, 1.165) is 18.4 Å². The van der Waals surface area contributed by atoms with Gasteiger partial charge in [0.2, 0.25) is 0 Å². The summed E-state index contributed by atoms with van der Waals surface area (Å²) in [6, 6.07) is 5.09. The molecule has 6 nitrogen and oxygen atoms in total. The second kappa shape index (κ2) is 4.52. The quantitative estimate of drug-likeness (QED) is 0.904. The zero-order valence-corrected chi connectivity index (χ0v) is 11.8. The van der Waals surface area contributed by atoms with Crippen molar-refractivity contribution in [2.24, 2.45) is 7.05 Å². The molecule has 1 aromatic carbocycles. The van der Waals surface area contributed by atoms with Crippen molar-refractivity contribution in [3.8, 4) is 5.75 Å². The van der Waals surface area contributed by atoms with Crippen LogP contribution in [0.4, 0.5) is 5.69 Å². The normalized spacial score (nSPS) is 15.2. The molecule has 0 bridgehead atoms. The number of para-hydroxylation sites is 1. The van der Waals surface area contributed by atoms with Gasteiger partial charge in [-0.15, -0.1) is 0 Å². The van der Waals surface area contributed by atoms with E-state index in [1.165, 1.54) is 27.4 Å². The van der Waals surface area contributed by atoms with Crippen LogP contribution in [-0.2, 0) is 23.5 Å². The number of aromatic nitrogens is 2. The summed E-state index contributed by atoms with van der Waals surface area (Å²) in [4.78, 5) is 0.135. The number of hydrogen-bond donors (Lipinski definition) is 1. The molecule has 106 valence electrons. The van der Waals surface area contributed by atoms with E-state index in [9.17, 15) is 13.5 Å². The van der Waals surface area contributed by atoms with Crippen molar-refractivity contribution in [1.29, 1.82) is 0 Å². The lowest BCUT2D eigenvalue weighted by Gasteiger charge is -2.30. The van der Waals surface area contributed by atoms with E-state index in [-0.39, 0.29) is 10.6 Å². The Morgan fingerprint density at radius 2 is 2.15 bits per heavy atom. The maximum atomic E-state index is 12.7. The molecule has 7 heteroatoms. The third-order valence-corrected chi connectivity index (χ3v) is 5.18. The summed E-state index contributed by atoms with van der Waals surface area (Å²) >= 11 is 0. The average molecular weight is 293 g/mol. The predicted molar refractivity (Wildman–Crippen MR) is 74.2 cm³/mol. The Kier molecular flexibility index (Phi) is 2.93. The first-order valence-electron chi connectivity index (χ1n) is 6.32. The fourth-order valence-electron chi connectivity index (χ4n) is 2.49. The molecule has 0 amide bonds. The fraction of sp³-hybridized carbons (Fsp3) is 0.308. The molecule has 1 aromatic heterocycles. The van der Waals surface area contributed by atoms with E-state index in [4.69, 9.17) is 0 Å². The average Bonchev–Trinajstić information content (AvgIpc) is 2.86. The zero-order valence-electron chi connectivity index (χ0n) is 11.0. The van der Waals surface area contributed by atoms with Gasteiger partial charge in [0.1, 0.15) is 10.6 Å². The standard InChI is InChI=1S/C13H15N3O3S/c1-15-9-11(8-14-15)20(18,19)16-7-3-5-10-4-2-6-12(17)13(10)16/h2,4,6,8-9,17H,3,5,7H2,1H3. The molecule has 0 atom stereocenters. The highest BCUT2D eigenvalue weighted by Crippen LogP contribution is 2.38. The van der Waals surface area contributed by atoms with Crippen molar-refractivity contribution in [3.63, 3.8) is 0 Å². The molecule has 0 fully saturated rings. The molecule has 0 saturated carbocycles. The molecule has 0 saturated heterocycles. The number of aryl methyl sites for hydroxylation is 2. The van der Waals surface area contributed by atoms with Gasteiger partial charge in [-0.25, -0.2) is 8.42 Å². The topological polar surface area (TPSA) is 75.4 Å². The van der Waals surface area contributed by atoms with Crippen molar-refractivity contribution >= 4 is 15.7 Å². The molecule has 3 rings (SSSR count). The number of phenolic OH excluding ortho intramolecular Hbond substituents is 1. The highest BCUT2D eigenvalue weighted by Gasteiger charge is 2.31. The van der Waals surface area contributed by atoms with E-state index < -0.39 is 10.0 Å². The van der Waals surface area contributed by atoms with Gasteiger partial charge in [-0.2, -0.15) is 5.10 Å². The van der Waals surface area contributed by atoms with Crippen molar-refractivity contribution in [1.82, 2.24) is 9.78 Å². The number of phenols is 1. The van der Waals surface area contributed by atoms with Gasteiger partial charge in [0.05, 0.1) is 11.9 Å². The van der Waals surface area contributed by atoms with Crippen LogP contribution in [0.3, 0.4) is 0 Å². The van der Waals surface area contributed by atoms with Gasteiger partial charge in [0.15, 0.2) is 0 Å². The summed E-state index contributed by atoms with van der Waals surface area (Å²) in [5, 5.41) is 13.9. The Morgan fingerprint density at radius 1 is 1.35 bits per heavy atom. The SMILES string of the molecule is Cn1cc(S(=O)(=O)N2CCCc3cccc(O)c32)cn1. The van der Waals surface area contributed by atoms with Crippen LogP contribution in [0.2, 0.25) is 0 Å². The van der Waals surface area contributed by atoms with Crippen LogP contribution in [-0.4, -0.2) is 29.8 Å². The lowest BCUT2D eigenvalue weighted by atomic mass is 10.0. The van der Waals surface area contributed by atoms with Gasteiger partial charge < -0.3 is 5.11 Å².